The topological polar surface area (TPSA) is 28.2 Å². The lowest BCUT2D eigenvalue weighted by atomic mass is 9.78. The molecule has 4 heteroatoms. The highest BCUT2D eigenvalue weighted by atomic mass is 32.1. The lowest BCUT2D eigenvalue weighted by molar-refractivity contribution is 0.243. The summed E-state index contributed by atoms with van der Waals surface area (Å²) in [5.41, 5.74) is 0. The van der Waals surface area contributed by atoms with Crippen molar-refractivity contribution in [3.63, 3.8) is 0 Å². The van der Waals surface area contributed by atoms with Gasteiger partial charge in [-0.25, -0.2) is 4.98 Å². The molecule has 3 fully saturated rings. The molecular weight excluding hydrogens is 266 g/mol. The summed E-state index contributed by atoms with van der Waals surface area (Å²) in [5, 5.41) is 4.88. The highest BCUT2D eigenvalue weighted by Crippen LogP contribution is 2.39. The molecule has 0 spiro atoms. The maximum atomic E-state index is 4.73. The Morgan fingerprint density at radius 2 is 2.00 bits per heavy atom. The van der Waals surface area contributed by atoms with E-state index in [0.717, 1.165) is 24.5 Å². The number of anilines is 1. The van der Waals surface area contributed by atoms with Gasteiger partial charge in [0, 0.05) is 36.2 Å². The lowest BCUT2D eigenvalue weighted by Crippen LogP contribution is -2.46. The predicted octanol–water partition coefficient (Wildman–Crippen LogP) is 3.55. The molecule has 1 aromatic heterocycles. The second-order valence-electron chi connectivity index (χ2n) is 6.71. The number of thiazole rings is 1. The van der Waals surface area contributed by atoms with Gasteiger partial charge in [-0.1, -0.05) is 12.8 Å². The predicted molar refractivity (Wildman–Crippen MR) is 84.3 cm³/mol. The average Bonchev–Trinajstić information content (AvgIpc) is 3.21. The SMILES string of the molecule is c1nc(N2CCC[C@H]3CCCC[C@H]32)sc1CNC1CC1. The van der Waals surface area contributed by atoms with E-state index >= 15 is 0 Å². The summed E-state index contributed by atoms with van der Waals surface area (Å²) in [5.74, 6) is 0.939. The number of hydrogen-bond donors (Lipinski definition) is 1. The molecule has 2 heterocycles. The Bertz CT molecular complexity index is 452. The number of aromatic nitrogens is 1. The molecule has 4 rings (SSSR count). The van der Waals surface area contributed by atoms with Gasteiger partial charge < -0.3 is 10.2 Å². The molecular formula is C16H25N3S. The van der Waals surface area contributed by atoms with Crippen LogP contribution in [0, 0.1) is 5.92 Å². The average molecular weight is 291 g/mol. The first-order valence-electron chi connectivity index (χ1n) is 8.35. The van der Waals surface area contributed by atoms with Gasteiger partial charge in [0.1, 0.15) is 0 Å². The van der Waals surface area contributed by atoms with Crippen LogP contribution in [0.15, 0.2) is 6.20 Å². The van der Waals surface area contributed by atoms with Crippen LogP contribution in [0.4, 0.5) is 5.13 Å². The molecule has 1 N–H and O–H groups in total. The lowest BCUT2D eigenvalue weighted by Gasteiger charge is -2.44. The number of rotatable bonds is 4. The fourth-order valence-electron chi connectivity index (χ4n) is 3.91. The molecule has 3 nitrogen and oxygen atoms in total. The maximum absolute atomic E-state index is 4.73. The van der Waals surface area contributed by atoms with Crippen molar-refractivity contribution < 1.29 is 0 Å². The molecule has 1 aliphatic heterocycles. The zero-order valence-corrected chi connectivity index (χ0v) is 13.0. The number of piperidine rings is 1. The van der Waals surface area contributed by atoms with E-state index < -0.39 is 0 Å². The van der Waals surface area contributed by atoms with Crippen molar-refractivity contribution in [2.75, 3.05) is 11.4 Å². The molecule has 0 amide bonds. The van der Waals surface area contributed by atoms with Gasteiger partial charge in [0.15, 0.2) is 5.13 Å². The van der Waals surface area contributed by atoms with Crippen LogP contribution >= 0.6 is 11.3 Å². The van der Waals surface area contributed by atoms with E-state index in [0.29, 0.717) is 0 Å². The highest BCUT2D eigenvalue weighted by molar-refractivity contribution is 7.15. The molecule has 2 aliphatic carbocycles. The molecule has 20 heavy (non-hydrogen) atoms. The Morgan fingerprint density at radius 3 is 2.90 bits per heavy atom. The van der Waals surface area contributed by atoms with Crippen LogP contribution in [-0.4, -0.2) is 23.6 Å². The number of nitrogens with one attached hydrogen (secondary N) is 1. The van der Waals surface area contributed by atoms with E-state index in [-0.39, 0.29) is 0 Å². The summed E-state index contributed by atoms with van der Waals surface area (Å²) in [7, 11) is 0. The molecule has 0 bridgehead atoms. The third-order valence-corrected chi connectivity index (χ3v) is 6.21. The molecule has 1 aromatic rings. The summed E-state index contributed by atoms with van der Waals surface area (Å²) < 4.78 is 0. The van der Waals surface area contributed by atoms with Crippen molar-refractivity contribution in [2.24, 2.45) is 5.92 Å². The second-order valence-corrected chi connectivity index (χ2v) is 7.81. The van der Waals surface area contributed by atoms with Crippen LogP contribution in [-0.2, 0) is 6.54 Å². The molecule has 2 saturated carbocycles. The van der Waals surface area contributed by atoms with Crippen LogP contribution in [0.5, 0.6) is 0 Å². The fourth-order valence-corrected chi connectivity index (χ4v) is 4.85. The Labute approximate surface area is 125 Å². The Morgan fingerprint density at radius 1 is 1.15 bits per heavy atom. The maximum Gasteiger partial charge on any atom is 0.185 e. The second kappa shape index (κ2) is 5.64. The molecule has 110 valence electrons. The molecule has 0 unspecified atom stereocenters. The molecule has 3 aliphatic rings. The standard InChI is InChI=1S/C16H25N3S/c1-2-6-15-12(4-1)5-3-9-19(15)16-18-11-14(20-16)10-17-13-7-8-13/h11-13,15,17H,1-10H2/t12-,15-/m1/s1. The normalized spacial score (nSPS) is 30.3. The van der Waals surface area contributed by atoms with Crippen molar-refractivity contribution in [1.82, 2.24) is 10.3 Å². The summed E-state index contributed by atoms with van der Waals surface area (Å²) in [4.78, 5) is 8.78. The van der Waals surface area contributed by atoms with Crippen molar-refractivity contribution in [1.29, 1.82) is 0 Å². The van der Waals surface area contributed by atoms with Gasteiger partial charge in [0.2, 0.25) is 0 Å². The number of hydrogen-bond acceptors (Lipinski definition) is 4. The van der Waals surface area contributed by atoms with Gasteiger partial charge in [-0.15, -0.1) is 11.3 Å². The summed E-state index contributed by atoms with van der Waals surface area (Å²) >= 11 is 1.92. The largest absolute Gasteiger partial charge is 0.345 e. The number of fused-ring (bicyclic) bond motifs is 1. The van der Waals surface area contributed by atoms with E-state index in [2.05, 4.69) is 16.4 Å². The van der Waals surface area contributed by atoms with Crippen molar-refractivity contribution >= 4 is 16.5 Å². The van der Waals surface area contributed by atoms with Gasteiger partial charge in [-0.05, 0) is 44.4 Å². The zero-order chi connectivity index (χ0) is 13.4. The molecule has 1 saturated heterocycles. The van der Waals surface area contributed by atoms with E-state index in [9.17, 15) is 0 Å². The summed E-state index contributed by atoms with van der Waals surface area (Å²) in [6.07, 6.45) is 13.3. The highest BCUT2D eigenvalue weighted by Gasteiger charge is 2.34. The van der Waals surface area contributed by atoms with Crippen LogP contribution in [0.2, 0.25) is 0 Å². The van der Waals surface area contributed by atoms with Gasteiger partial charge >= 0.3 is 0 Å². The van der Waals surface area contributed by atoms with Crippen LogP contribution < -0.4 is 10.2 Å². The smallest absolute Gasteiger partial charge is 0.185 e. The minimum Gasteiger partial charge on any atom is -0.345 e. The van der Waals surface area contributed by atoms with Crippen molar-refractivity contribution in [2.45, 2.75) is 70.0 Å². The molecule has 2 atom stereocenters. The van der Waals surface area contributed by atoms with Gasteiger partial charge in [0.05, 0.1) is 0 Å². The summed E-state index contributed by atoms with van der Waals surface area (Å²) in [6.45, 7) is 2.24. The Hall–Kier alpha value is -0.610. The van der Waals surface area contributed by atoms with Crippen LogP contribution in [0.3, 0.4) is 0 Å². The quantitative estimate of drug-likeness (QED) is 0.919. The van der Waals surface area contributed by atoms with Gasteiger partial charge in [-0.2, -0.15) is 0 Å². The molecule has 0 radical (unpaired) electrons. The third kappa shape index (κ3) is 2.73. The minimum absolute atomic E-state index is 0.785. The Kier molecular flexibility index (Phi) is 3.69. The first-order valence-corrected chi connectivity index (χ1v) is 9.16. The van der Waals surface area contributed by atoms with Crippen molar-refractivity contribution in [3.05, 3.63) is 11.1 Å². The van der Waals surface area contributed by atoms with Crippen molar-refractivity contribution in [3.8, 4) is 0 Å². The van der Waals surface area contributed by atoms with Crippen LogP contribution in [0.1, 0.15) is 56.2 Å². The van der Waals surface area contributed by atoms with E-state index in [1.54, 1.807) is 0 Å². The monoisotopic (exact) mass is 291 g/mol. The zero-order valence-electron chi connectivity index (χ0n) is 12.2. The van der Waals surface area contributed by atoms with Crippen LogP contribution in [0.25, 0.3) is 0 Å². The van der Waals surface area contributed by atoms with E-state index in [1.807, 2.05) is 11.3 Å². The first kappa shape index (κ1) is 13.1. The number of nitrogens with zero attached hydrogens (tertiary/aromatic N) is 2. The van der Waals surface area contributed by atoms with E-state index in [1.165, 1.54) is 67.9 Å². The minimum atomic E-state index is 0.785. The fraction of sp³-hybridized carbons (Fsp3) is 0.812. The third-order valence-electron chi connectivity index (χ3n) is 5.17. The van der Waals surface area contributed by atoms with Gasteiger partial charge in [-0.3, -0.25) is 0 Å². The Balaban J connectivity index is 1.44. The van der Waals surface area contributed by atoms with Gasteiger partial charge in [0.25, 0.3) is 0 Å². The molecule has 0 aromatic carbocycles. The first-order chi connectivity index (χ1) is 9.90. The summed E-state index contributed by atoms with van der Waals surface area (Å²) in [6, 6.07) is 1.58. The van der Waals surface area contributed by atoms with E-state index in [4.69, 9.17) is 4.98 Å².